The van der Waals surface area contributed by atoms with E-state index in [1.54, 1.807) is 37.1 Å². The Morgan fingerprint density at radius 2 is 1.74 bits per heavy atom. The molecule has 1 amide bonds. The number of aromatic nitrogens is 1. The van der Waals surface area contributed by atoms with Crippen molar-refractivity contribution >= 4 is 27.3 Å². The Morgan fingerprint density at radius 1 is 0.968 bits per heavy atom. The topological polar surface area (TPSA) is 69.6 Å². The lowest BCUT2D eigenvalue weighted by molar-refractivity contribution is 0.0955. The number of ether oxygens (including phenoxy) is 2. The van der Waals surface area contributed by atoms with Gasteiger partial charge in [-0.05, 0) is 35.4 Å². The monoisotopic (exact) mass is 434 g/mol. The Bertz CT molecular complexity index is 1280. The number of pyridine rings is 1. The van der Waals surface area contributed by atoms with Crippen LogP contribution in [0.1, 0.15) is 20.8 Å². The summed E-state index contributed by atoms with van der Waals surface area (Å²) in [5.74, 6) is 1.02. The van der Waals surface area contributed by atoms with Crippen LogP contribution in [0.25, 0.3) is 10.1 Å². The third-order valence-electron chi connectivity index (χ3n) is 4.98. The SMILES string of the molecule is COc1ccc(CNC(=O)c2cc3c(=O)n(Cc4ccccc4)ccc3s2)cc1OC. The summed E-state index contributed by atoms with van der Waals surface area (Å²) in [7, 11) is 3.15. The van der Waals surface area contributed by atoms with Gasteiger partial charge in [-0.15, -0.1) is 11.3 Å². The highest BCUT2D eigenvalue weighted by molar-refractivity contribution is 7.20. The minimum Gasteiger partial charge on any atom is -0.493 e. The normalized spacial score (nSPS) is 10.8. The lowest BCUT2D eigenvalue weighted by atomic mass is 10.2. The number of methoxy groups -OCH3 is 2. The third kappa shape index (κ3) is 4.46. The number of carbonyl (C=O) groups excluding carboxylic acids is 1. The highest BCUT2D eigenvalue weighted by Crippen LogP contribution is 2.28. The second-order valence-electron chi connectivity index (χ2n) is 6.99. The minimum atomic E-state index is -0.218. The van der Waals surface area contributed by atoms with Crippen LogP contribution in [0.4, 0.5) is 0 Å². The van der Waals surface area contributed by atoms with Crippen molar-refractivity contribution in [3.8, 4) is 11.5 Å². The fraction of sp³-hybridized carbons (Fsp3) is 0.167. The average Bonchev–Trinajstić information content (AvgIpc) is 3.25. The summed E-state index contributed by atoms with van der Waals surface area (Å²) in [5.41, 5.74) is 1.83. The van der Waals surface area contributed by atoms with E-state index in [0.29, 0.717) is 34.9 Å². The molecule has 0 unspecified atom stereocenters. The summed E-state index contributed by atoms with van der Waals surface area (Å²) in [4.78, 5) is 26.1. The van der Waals surface area contributed by atoms with Gasteiger partial charge in [-0.3, -0.25) is 9.59 Å². The molecule has 6 nitrogen and oxygen atoms in total. The molecule has 1 N–H and O–H groups in total. The van der Waals surface area contributed by atoms with Gasteiger partial charge in [0, 0.05) is 17.4 Å². The van der Waals surface area contributed by atoms with Gasteiger partial charge < -0.3 is 19.4 Å². The molecule has 31 heavy (non-hydrogen) atoms. The van der Waals surface area contributed by atoms with Gasteiger partial charge in [-0.2, -0.15) is 0 Å². The van der Waals surface area contributed by atoms with E-state index >= 15 is 0 Å². The number of benzene rings is 2. The van der Waals surface area contributed by atoms with Crippen LogP contribution in [-0.2, 0) is 13.1 Å². The highest BCUT2D eigenvalue weighted by atomic mass is 32.1. The molecule has 0 aliphatic heterocycles. The van der Waals surface area contributed by atoms with Crippen molar-refractivity contribution in [1.82, 2.24) is 9.88 Å². The number of amides is 1. The van der Waals surface area contributed by atoms with Gasteiger partial charge >= 0.3 is 0 Å². The van der Waals surface area contributed by atoms with Crippen molar-refractivity contribution in [2.75, 3.05) is 14.2 Å². The minimum absolute atomic E-state index is 0.100. The number of hydrogen-bond donors (Lipinski definition) is 1. The van der Waals surface area contributed by atoms with Crippen LogP contribution < -0.4 is 20.3 Å². The molecule has 4 rings (SSSR count). The molecule has 0 radical (unpaired) electrons. The second kappa shape index (κ2) is 9.06. The van der Waals surface area contributed by atoms with Crippen molar-refractivity contribution < 1.29 is 14.3 Å². The smallest absolute Gasteiger partial charge is 0.261 e. The quantitative estimate of drug-likeness (QED) is 0.476. The zero-order valence-electron chi connectivity index (χ0n) is 17.3. The number of hydrogen-bond acceptors (Lipinski definition) is 5. The number of rotatable bonds is 7. The Labute approximate surface area is 183 Å². The molecule has 2 aromatic heterocycles. The molecule has 0 saturated heterocycles. The van der Waals surface area contributed by atoms with E-state index in [-0.39, 0.29) is 11.5 Å². The molecule has 158 valence electrons. The first-order valence-electron chi connectivity index (χ1n) is 9.75. The van der Waals surface area contributed by atoms with Crippen LogP contribution in [0.3, 0.4) is 0 Å². The average molecular weight is 435 g/mol. The van der Waals surface area contributed by atoms with E-state index < -0.39 is 0 Å². The second-order valence-corrected chi connectivity index (χ2v) is 8.08. The van der Waals surface area contributed by atoms with Crippen molar-refractivity contribution in [3.63, 3.8) is 0 Å². The fourth-order valence-corrected chi connectivity index (χ4v) is 4.32. The molecule has 0 fully saturated rings. The van der Waals surface area contributed by atoms with Gasteiger partial charge in [0.1, 0.15) is 0 Å². The maximum Gasteiger partial charge on any atom is 0.261 e. The van der Waals surface area contributed by atoms with E-state index in [2.05, 4.69) is 5.32 Å². The van der Waals surface area contributed by atoms with E-state index in [4.69, 9.17) is 9.47 Å². The Hall–Kier alpha value is -3.58. The van der Waals surface area contributed by atoms with Crippen LogP contribution >= 0.6 is 11.3 Å². The van der Waals surface area contributed by atoms with Crippen molar-refractivity contribution in [2.45, 2.75) is 13.1 Å². The molecular weight excluding hydrogens is 412 g/mol. The van der Waals surface area contributed by atoms with E-state index in [1.165, 1.54) is 11.3 Å². The number of thiophene rings is 1. The van der Waals surface area contributed by atoms with E-state index in [9.17, 15) is 9.59 Å². The zero-order chi connectivity index (χ0) is 21.8. The Kier molecular flexibility index (Phi) is 6.04. The first-order chi connectivity index (χ1) is 15.1. The van der Waals surface area contributed by atoms with Gasteiger partial charge in [-0.25, -0.2) is 0 Å². The maximum atomic E-state index is 12.9. The van der Waals surface area contributed by atoms with Gasteiger partial charge in [-0.1, -0.05) is 36.4 Å². The van der Waals surface area contributed by atoms with Crippen LogP contribution in [0.5, 0.6) is 11.5 Å². The van der Waals surface area contributed by atoms with Crippen molar-refractivity contribution in [1.29, 1.82) is 0 Å². The molecule has 2 aromatic carbocycles. The number of carbonyl (C=O) groups is 1. The molecule has 7 heteroatoms. The molecular formula is C24H22N2O4S. The Morgan fingerprint density at radius 3 is 2.48 bits per heavy atom. The fourth-order valence-electron chi connectivity index (χ4n) is 3.35. The first kappa shape index (κ1) is 20.7. The van der Waals surface area contributed by atoms with Crippen LogP contribution in [-0.4, -0.2) is 24.7 Å². The van der Waals surface area contributed by atoms with Gasteiger partial charge in [0.25, 0.3) is 11.5 Å². The lowest BCUT2D eigenvalue weighted by Crippen LogP contribution is -2.22. The molecule has 0 atom stereocenters. The van der Waals surface area contributed by atoms with Crippen LogP contribution in [0.15, 0.2) is 71.7 Å². The summed E-state index contributed by atoms with van der Waals surface area (Å²) in [5, 5.41) is 3.46. The van der Waals surface area contributed by atoms with Gasteiger partial charge in [0.15, 0.2) is 11.5 Å². The van der Waals surface area contributed by atoms with Crippen molar-refractivity contribution in [2.24, 2.45) is 0 Å². The highest BCUT2D eigenvalue weighted by Gasteiger charge is 2.14. The standard InChI is InChI=1S/C24H22N2O4S/c1-29-19-9-8-17(12-20(19)30-2)14-25-23(27)22-13-18-21(31-22)10-11-26(24(18)28)15-16-6-4-3-5-7-16/h3-13H,14-15H2,1-2H3,(H,25,27). The molecule has 4 aromatic rings. The van der Waals surface area contributed by atoms with Crippen LogP contribution in [0, 0.1) is 0 Å². The Balaban J connectivity index is 1.51. The predicted molar refractivity (Wildman–Crippen MR) is 122 cm³/mol. The molecule has 0 aliphatic carbocycles. The number of nitrogens with one attached hydrogen (secondary N) is 1. The maximum absolute atomic E-state index is 12.9. The molecule has 0 spiro atoms. The zero-order valence-corrected chi connectivity index (χ0v) is 18.1. The number of fused-ring (bicyclic) bond motifs is 1. The van der Waals surface area contributed by atoms with E-state index in [1.807, 2.05) is 48.5 Å². The van der Waals surface area contributed by atoms with Gasteiger partial charge in [0.2, 0.25) is 0 Å². The van der Waals surface area contributed by atoms with Crippen LogP contribution in [0.2, 0.25) is 0 Å². The molecule has 0 aliphatic rings. The molecule has 2 heterocycles. The lowest BCUT2D eigenvalue weighted by Gasteiger charge is -2.10. The summed E-state index contributed by atoms with van der Waals surface area (Å²) < 4.78 is 13.0. The molecule has 0 saturated carbocycles. The molecule has 0 bridgehead atoms. The predicted octanol–water partition coefficient (Wildman–Crippen LogP) is 4.06. The summed E-state index contributed by atoms with van der Waals surface area (Å²) in [6, 6.07) is 18.9. The van der Waals surface area contributed by atoms with Gasteiger partial charge in [0.05, 0.1) is 31.0 Å². The first-order valence-corrected chi connectivity index (χ1v) is 10.6. The number of nitrogens with zero attached hydrogens (tertiary/aromatic N) is 1. The summed E-state index contributed by atoms with van der Waals surface area (Å²) in [6.45, 7) is 0.831. The summed E-state index contributed by atoms with van der Waals surface area (Å²) >= 11 is 1.31. The summed E-state index contributed by atoms with van der Waals surface area (Å²) in [6.07, 6.45) is 1.78. The largest absolute Gasteiger partial charge is 0.493 e. The third-order valence-corrected chi connectivity index (χ3v) is 6.08. The van der Waals surface area contributed by atoms with Crippen molar-refractivity contribution in [3.05, 3.63) is 93.2 Å². The van der Waals surface area contributed by atoms with E-state index in [0.717, 1.165) is 15.8 Å².